The zero-order valence-corrected chi connectivity index (χ0v) is 22.0. The number of aromatic nitrogens is 4. The van der Waals surface area contributed by atoms with Crippen LogP contribution >= 0.6 is 0 Å². The number of pyridine rings is 1. The fourth-order valence-corrected chi connectivity index (χ4v) is 5.05. The summed E-state index contributed by atoms with van der Waals surface area (Å²) in [6, 6.07) is 19.8. The first-order chi connectivity index (χ1) is 15.9. The molecule has 1 radical (unpaired) electrons. The van der Waals surface area contributed by atoms with Crippen molar-refractivity contribution in [1.29, 1.82) is 0 Å². The minimum absolute atomic E-state index is 0. The Hall–Kier alpha value is -2.67. The van der Waals surface area contributed by atoms with E-state index in [1.807, 2.05) is 31.2 Å². The van der Waals surface area contributed by atoms with Gasteiger partial charge in [0, 0.05) is 50.5 Å². The third-order valence-corrected chi connectivity index (χ3v) is 6.77. The van der Waals surface area contributed by atoms with Crippen LogP contribution in [0.1, 0.15) is 31.4 Å². The van der Waals surface area contributed by atoms with Crippen LogP contribution in [0.25, 0.3) is 44.3 Å². The van der Waals surface area contributed by atoms with Gasteiger partial charge >= 0.3 is 0 Å². The number of rotatable bonds is 3. The number of benzene rings is 2. The van der Waals surface area contributed by atoms with Crippen LogP contribution in [-0.4, -0.2) is 30.2 Å². The molecule has 7 heteroatoms. The number of nitrogen functional groups attached to an aromatic ring is 1. The molecule has 1 aliphatic carbocycles. The first-order valence-electron chi connectivity index (χ1n) is 11.1. The molecular formula is C27H24N5OY-. The maximum atomic E-state index is 10.3. The van der Waals surface area contributed by atoms with Crippen molar-refractivity contribution in [2.24, 2.45) is 0 Å². The zero-order chi connectivity index (χ0) is 22.7. The number of nitrogens with zero attached hydrogens (tertiary/aromatic N) is 4. The summed E-state index contributed by atoms with van der Waals surface area (Å²) in [4.78, 5) is 13.8. The second-order valence-electron chi connectivity index (χ2n) is 9.25. The van der Waals surface area contributed by atoms with Crippen molar-refractivity contribution in [3.63, 3.8) is 0 Å². The molecule has 0 bridgehead atoms. The van der Waals surface area contributed by atoms with Gasteiger partial charge in [0.2, 0.25) is 0 Å². The second-order valence-corrected chi connectivity index (χ2v) is 9.25. The van der Waals surface area contributed by atoms with Crippen LogP contribution in [-0.2, 0) is 32.7 Å². The Morgan fingerprint density at radius 2 is 1.85 bits per heavy atom. The molecule has 6 rings (SSSR count). The molecule has 3 heterocycles. The molecule has 3 aromatic heterocycles. The number of nitrogens with two attached hydrogens (primary N) is 1. The molecule has 3 N–H and O–H groups in total. The maximum absolute atomic E-state index is 10.3. The molecular weight excluding hydrogens is 499 g/mol. The number of fused-ring (bicyclic) bond motifs is 2. The largest absolute Gasteiger partial charge is 0.390 e. The number of aliphatic hydroxyl groups is 1. The van der Waals surface area contributed by atoms with E-state index in [4.69, 9.17) is 10.7 Å². The molecule has 1 fully saturated rings. The summed E-state index contributed by atoms with van der Waals surface area (Å²) in [6.07, 6.45) is 4.99. The summed E-state index contributed by atoms with van der Waals surface area (Å²) in [5.41, 5.74) is 12.5. The van der Waals surface area contributed by atoms with Gasteiger partial charge in [-0.05, 0) is 49.0 Å². The SMILES string of the molecule is Cc1c(-c2cn(C3CC(C)(O)C3)c3ncnc(N)c23)ccc2[c-]cc(-c3ccccc3)nc12.[Y]. The zero-order valence-electron chi connectivity index (χ0n) is 19.2. The van der Waals surface area contributed by atoms with Crippen LogP contribution < -0.4 is 5.73 Å². The molecule has 0 saturated heterocycles. The predicted octanol–water partition coefficient (Wildman–Crippen LogP) is 5.09. The Bertz CT molecular complexity index is 1520. The van der Waals surface area contributed by atoms with Crippen LogP contribution in [0, 0.1) is 13.0 Å². The Balaban J connectivity index is 0.00000241. The minimum atomic E-state index is -0.632. The molecule has 1 saturated carbocycles. The number of hydrogen-bond donors (Lipinski definition) is 2. The van der Waals surface area contributed by atoms with Gasteiger partial charge in [-0.15, -0.1) is 23.6 Å². The van der Waals surface area contributed by atoms with Crippen molar-refractivity contribution >= 4 is 27.8 Å². The summed E-state index contributed by atoms with van der Waals surface area (Å²) >= 11 is 0. The Morgan fingerprint density at radius 3 is 2.59 bits per heavy atom. The van der Waals surface area contributed by atoms with Gasteiger partial charge in [-0.1, -0.05) is 42.0 Å². The number of aryl methyl sites for hydroxylation is 1. The topological polar surface area (TPSA) is 89.8 Å². The van der Waals surface area contributed by atoms with Crippen molar-refractivity contribution in [1.82, 2.24) is 19.5 Å². The quantitative estimate of drug-likeness (QED) is 0.322. The normalized spacial score (nSPS) is 19.7. The molecule has 0 unspecified atom stereocenters. The summed E-state index contributed by atoms with van der Waals surface area (Å²) < 4.78 is 2.14. The van der Waals surface area contributed by atoms with Gasteiger partial charge < -0.3 is 20.4 Å². The standard InChI is InChI=1S/C27H24N5O.Y/c1-16-20(10-8-18-9-11-22(31-24(16)18)17-6-4-3-5-7-17)21-14-32(19-12-27(2,33)13-19)26-23(21)25(28)29-15-30-26;/h3-8,10-11,14-15,19,33H,12-13H2,1-2H3,(H2,28,29,30);/q-1;. The van der Waals surface area contributed by atoms with Crippen molar-refractivity contribution in [2.75, 3.05) is 5.73 Å². The van der Waals surface area contributed by atoms with E-state index in [1.54, 1.807) is 0 Å². The summed E-state index contributed by atoms with van der Waals surface area (Å²) in [5.74, 6) is 0.455. The van der Waals surface area contributed by atoms with E-state index in [-0.39, 0.29) is 38.8 Å². The van der Waals surface area contributed by atoms with Gasteiger partial charge in [0.05, 0.1) is 11.0 Å². The van der Waals surface area contributed by atoms with Crippen LogP contribution in [0.3, 0.4) is 0 Å². The Labute approximate surface area is 223 Å². The van der Waals surface area contributed by atoms with Crippen LogP contribution in [0.4, 0.5) is 5.82 Å². The van der Waals surface area contributed by atoms with E-state index in [9.17, 15) is 5.11 Å². The summed E-state index contributed by atoms with van der Waals surface area (Å²) in [5, 5.41) is 12.1. The molecule has 34 heavy (non-hydrogen) atoms. The van der Waals surface area contributed by atoms with Crippen molar-refractivity contribution < 1.29 is 37.8 Å². The first kappa shape index (κ1) is 23.1. The average molecular weight is 523 g/mol. The fourth-order valence-electron chi connectivity index (χ4n) is 5.05. The molecule has 0 amide bonds. The van der Waals surface area contributed by atoms with Crippen LogP contribution in [0.5, 0.6) is 0 Å². The predicted molar refractivity (Wildman–Crippen MR) is 131 cm³/mol. The summed E-state index contributed by atoms with van der Waals surface area (Å²) in [7, 11) is 0. The third-order valence-electron chi connectivity index (χ3n) is 6.77. The molecule has 1 aliphatic rings. The van der Waals surface area contributed by atoms with E-state index in [0.717, 1.165) is 49.9 Å². The molecule has 0 aliphatic heterocycles. The molecule has 0 atom stereocenters. The van der Waals surface area contributed by atoms with Crippen molar-refractivity contribution in [2.45, 2.75) is 38.3 Å². The number of hydrogen-bond acceptors (Lipinski definition) is 5. The fraction of sp³-hybridized carbons (Fsp3) is 0.222. The van der Waals surface area contributed by atoms with Crippen molar-refractivity contribution in [3.8, 4) is 22.4 Å². The first-order valence-corrected chi connectivity index (χ1v) is 11.1. The molecule has 167 valence electrons. The van der Waals surface area contributed by atoms with Gasteiger partial charge in [-0.25, -0.2) is 9.97 Å². The Kier molecular flexibility index (Phi) is 5.79. The number of anilines is 1. The van der Waals surface area contributed by atoms with Gasteiger partial charge in [0.1, 0.15) is 17.8 Å². The van der Waals surface area contributed by atoms with E-state index < -0.39 is 5.60 Å². The smallest absolute Gasteiger partial charge is 0.146 e. The average Bonchev–Trinajstić information content (AvgIpc) is 3.18. The monoisotopic (exact) mass is 523 g/mol. The van der Waals surface area contributed by atoms with Gasteiger partial charge in [-0.3, -0.25) is 0 Å². The molecule has 5 aromatic rings. The van der Waals surface area contributed by atoms with Gasteiger partial charge in [0.25, 0.3) is 0 Å². The second kappa shape index (κ2) is 8.52. The van der Waals surface area contributed by atoms with E-state index in [1.165, 1.54) is 6.33 Å². The maximum Gasteiger partial charge on any atom is 0.146 e. The van der Waals surface area contributed by atoms with E-state index in [2.05, 4.69) is 58.0 Å². The van der Waals surface area contributed by atoms with Gasteiger partial charge in [-0.2, -0.15) is 0 Å². The molecule has 6 nitrogen and oxygen atoms in total. The summed E-state index contributed by atoms with van der Waals surface area (Å²) in [6.45, 7) is 3.96. The van der Waals surface area contributed by atoms with Crippen molar-refractivity contribution in [3.05, 3.63) is 72.7 Å². The third kappa shape index (κ3) is 3.74. The van der Waals surface area contributed by atoms with E-state index in [0.29, 0.717) is 18.7 Å². The minimum Gasteiger partial charge on any atom is -0.390 e. The van der Waals surface area contributed by atoms with Crippen LogP contribution in [0.15, 0.2) is 61.1 Å². The molecule has 2 aromatic carbocycles. The Morgan fingerprint density at radius 1 is 1.09 bits per heavy atom. The molecule has 0 spiro atoms. The van der Waals surface area contributed by atoms with Crippen LogP contribution in [0.2, 0.25) is 0 Å². The van der Waals surface area contributed by atoms with E-state index >= 15 is 0 Å². The van der Waals surface area contributed by atoms with Gasteiger partial charge in [0.15, 0.2) is 0 Å².